The molecule has 0 amide bonds. The fraction of sp³-hybridized carbons (Fsp3) is 0.385. The zero-order chi connectivity index (χ0) is 10.0. The Morgan fingerprint density at radius 2 is 1.62 bits per heavy atom. The van der Waals surface area contributed by atoms with Gasteiger partial charge in [0.05, 0.1) is 0 Å². The molecule has 0 aliphatic carbocycles. The van der Waals surface area contributed by atoms with Gasteiger partial charge in [0, 0.05) is 0 Å². The normalized spacial score (nSPS) is 10.5. The number of benzene rings is 1. The van der Waals surface area contributed by atoms with Gasteiger partial charge in [-0.2, -0.15) is 0 Å². The van der Waals surface area contributed by atoms with Crippen molar-refractivity contribution in [1.29, 1.82) is 0 Å². The van der Waals surface area contributed by atoms with Gasteiger partial charge in [0.1, 0.15) is 0 Å². The standard InChI is InChI=1S/C13H18/c1-9(2)12(5)13-10(3)7-6-8-11(13)4/h6-9H,5H2,1-4H3. The van der Waals surface area contributed by atoms with E-state index in [1.807, 2.05) is 0 Å². The maximum atomic E-state index is 4.15. The van der Waals surface area contributed by atoms with E-state index in [4.69, 9.17) is 0 Å². The molecule has 1 rings (SSSR count). The molecule has 0 N–H and O–H groups in total. The fourth-order valence-corrected chi connectivity index (χ4v) is 1.61. The summed E-state index contributed by atoms with van der Waals surface area (Å²) in [5.41, 5.74) is 5.26. The zero-order valence-corrected chi connectivity index (χ0v) is 9.02. The Labute approximate surface area is 81.3 Å². The van der Waals surface area contributed by atoms with E-state index in [9.17, 15) is 0 Å². The molecule has 0 heteroatoms. The van der Waals surface area contributed by atoms with Gasteiger partial charge in [-0.05, 0) is 42.0 Å². The van der Waals surface area contributed by atoms with Gasteiger partial charge >= 0.3 is 0 Å². The third-order valence-corrected chi connectivity index (χ3v) is 2.50. The average Bonchev–Trinajstić information content (AvgIpc) is 2.03. The van der Waals surface area contributed by atoms with Crippen LogP contribution in [0.1, 0.15) is 30.5 Å². The third kappa shape index (κ3) is 2.00. The highest BCUT2D eigenvalue weighted by Crippen LogP contribution is 2.26. The minimum atomic E-state index is 0.528. The molecule has 1 aromatic carbocycles. The average molecular weight is 174 g/mol. The van der Waals surface area contributed by atoms with Gasteiger partial charge in [-0.25, -0.2) is 0 Å². The Morgan fingerprint density at radius 3 is 2.00 bits per heavy atom. The predicted molar refractivity (Wildman–Crippen MR) is 59.8 cm³/mol. The second kappa shape index (κ2) is 3.78. The Bertz CT molecular complexity index is 299. The zero-order valence-electron chi connectivity index (χ0n) is 9.02. The SMILES string of the molecule is C=C(c1c(C)cccc1C)C(C)C. The predicted octanol–water partition coefficient (Wildman–Crippen LogP) is 3.97. The van der Waals surface area contributed by atoms with Crippen LogP contribution in [-0.2, 0) is 0 Å². The first kappa shape index (κ1) is 10.0. The van der Waals surface area contributed by atoms with E-state index in [0.717, 1.165) is 0 Å². The molecule has 0 bridgehead atoms. The first-order chi connectivity index (χ1) is 6.04. The van der Waals surface area contributed by atoms with Crippen LogP contribution in [0.2, 0.25) is 0 Å². The largest absolute Gasteiger partial charge is 0.0950 e. The number of hydrogen-bond acceptors (Lipinski definition) is 0. The lowest BCUT2D eigenvalue weighted by molar-refractivity contribution is 0.855. The maximum absolute atomic E-state index is 4.15. The van der Waals surface area contributed by atoms with Gasteiger partial charge < -0.3 is 0 Å². The molecule has 1 aromatic rings. The summed E-state index contributed by atoms with van der Waals surface area (Å²) in [6, 6.07) is 6.40. The second-order valence-electron chi connectivity index (χ2n) is 3.95. The van der Waals surface area contributed by atoms with Crippen molar-refractivity contribution in [2.45, 2.75) is 27.7 Å². The van der Waals surface area contributed by atoms with Crippen molar-refractivity contribution in [2.75, 3.05) is 0 Å². The van der Waals surface area contributed by atoms with Crippen LogP contribution in [0.15, 0.2) is 24.8 Å². The molecule has 0 heterocycles. The lowest BCUT2D eigenvalue weighted by Crippen LogP contribution is -1.97. The molecule has 0 unspecified atom stereocenters. The van der Waals surface area contributed by atoms with Crippen molar-refractivity contribution >= 4 is 5.57 Å². The smallest absolute Gasteiger partial charge is 0.0169 e. The molecule has 0 atom stereocenters. The van der Waals surface area contributed by atoms with E-state index >= 15 is 0 Å². The Morgan fingerprint density at radius 1 is 1.15 bits per heavy atom. The fourth-order valence-electron chi connectivity index (χ4n) is 1.61. The minimum Gasteiger partial charge on any atom is -0.0950 e. The highest BCUT2D eigenvalue weighted by molar-refractivity contribution is 5.70. The molecular weight excluding hydrogens is 156 g/mol. The van der Waals surface area contributed by atoms with Gasteiger partial charge in [-0.3, -0.25) is 0 Å². The van der Waals surface area contributed by atoms with E-state index in [1.165, 1.54) is 22.3 Å². The molecule has 0 spiro atoms. The number of aryl methyl sites for hydroxylation is 2. The van der Waals surface area contributed by atoms with E-state index in [0.29, 0.717) is 5.92 Å². The van der Waals surface area contributed by atoms with Crippen molar-refractivity contribution in [1.82, 2.24) is 0 Å². The van der Waals surface area contributed by atoms with E-state index in [1.54, 1.807) is 0 Å². The van der Waals surface area contributed by atoms with Gasteiger partial charge in [-0.1, -0.05) is 38.6 Å². The van der Waals surface area contributed by atoms with Crippen LogP contribution >= 0.6 is 0 Å². The van der Waals surface area contributed by atoms with Crippen molar-refractivity contribution in [3.63, 3.8) is 0 Å². The molecule has 0 aromatic heterocycles. The highest BCUT2D eigenvalue weighted by atomic mass is 14.1. The van der Waals surface area contributed by atoms with Crippen molar-refractivity contribution in [2.24, 2.45) is 5.92 Å². The van der Waals surface area contributed by atoms with Crippen molar-refractivity contribution in [3.05, 3.63) is 41.5 Å². The summed E-state index contributed by atoms with van der Waals surface area (Å²) in [5.74, 6) is 0.528. The van der Waals surface area contributed by atoms with Gasteiger partial charge in [-0.15, -0.1) is 0 Å². The van der Waals surface area contributed by atoms with Gasteiger partial charge in [0.15, 0.2) is 0 Å². The second-order valence-corrected chi connectivity index (χ2v) is 3.95. The minimum absolute atomic E-state index is 0.528. The molecule has 0 aliphatic rings. The molecule has 13 heavy (non-hydrogen) atoms. The summed E-state index contributed by atoms with van der Waals surface area (Å²) in [7, 11) is 0. The Balaban J connectivity index is 3.20. The van der Waals surface area contributed by atoms with Crippen LogP contribution in [0, 0.1) is 19.8 Å². The van der Waals surface area contributed by atoms with Crippen molar-refractivity contribution in [3.8, 4) is 0 Å². The molecule has 0 saturated carbocycles. The van der Waals surface area contributed by atoms with Gasteiger partial charge in [0.25, 0.3) is 0 Å². The topological polar surface area (TPSA) is 0 Å². The third-order valence-electron chi connectivity index (χ3n) is 2.50. The highest BCUT2D eigenvalue weighted by Gasteiger charge is 2.08. The molecule has 0 nitrogen and oxygen atoms in total. The summed E-state index contributed by atoms with van der Waals surface area (Å²) in [6.45, 7) is 12.8. The number of hydrogen-bond donors (Lipinski definition) is 0. The van der Waals surface area contributed by atoms with E-state index in [2.05, 4.69) is 52.5 Å². The van der Waals surface area contributed by atoms with Crippen LogP contribution < -0.4 is 0 Å². The summed E-state index contributed by atoms with van der Waals surface area (Å²) in [6.07, 6.45) is 0. The summed E-state index contributed by atoms with van der Waals surface area (Å²) in [4.78, 5) is 0. The van der Waals surface area contributed by atoms with Gasteiger partial charge in [0.2, 0.25) is 0 Å². The molecule has 0 aliphatic heterocycles. The lowest BCUT2D eigenvalue weighted by Gasteiger charge is -2.15. The summed E-state index contributed by atoms with van der Waals surface area (Å²) >= 11 is 0. The van der Waals surface area contributed by atoms with Crippen LogP contribution in [0.25, 0.3) is 5.57 Å². The lowest BCUT2D eigenvalue weighted by atomic mass is 9.90. The van der Waals surface area contributed by atoms with E-state index in [-0.39, 0.29) is 0 Å². The summed E-state index contributed by atoms with van der Waals surface area (Å²) < 4.78 is 0. The first-order valence-electron chi connectivity index (χ1n) is 4.79. The Kier molecular flexibility index (Phi) is 2.92. The van der Waals surface area contributed by atoms with Crippen LogP contribution in [0.3, 0.4) is 0 Å². The number of allylic oxidation sites excluding steroid dienone is 1. The van der Waals surface area contributed by atoms with Crippen LogP contribution in [0.4, 0.5) is 0 Å². The molecular formula is C13H18. The van der Waals surface area contributed by atoms with Crippen LogP contribution in [0.5, 0.6) is 0 Å². The van der Waals surface area contributed by atoms with E-state index < -0.39 is 0 Å². The van der Waals surface area contributed by atoms with Crippen molar-refractivity contribution < 1.29 is 0 Å². The van der Waals surface area contributed by atoms with Crippen LogP contribution in [-0.4, -0.2) is 0 Å². The first-order valence-corrected chi connectivity index (χ1v) is 4.79. The molecule has 0 radical (unpaired) electrons. The number of rotatable bonds is 2. The molecule has 0 fully saturated rings. The Hall–Kier alpha value is -1.04. The maximum Gasteiger partial charge on any atom is -0.0169 e. The molecule has 0 saturated heterocycles. The monoisotopic (exact) mass is 174 g/mol. The quantitative estimate of drug-likeness (QED) is 0.636. The summed E-state index contributed by atoms with van der Waals surface area (Å²) in [5, 5.41) is 0. The molecule has 70 valence electrons.